The summed E-state index contributed by atoms with van der Waals surface area (Å²) in [6.45, 7) is 4.40. The van der Waals surface area contributed by atoms with Crippen LogP contribution in [0.3, 0.4) is 0 Å². The molecule has 0 spiro atoms. The molecular formula is C27H29FN2O3S. The Hall–Kier alpha value is -3.19. The Labute approximate surface area is 203 Å². The summed E-state index contributed by atoms with van der Waals surface area (Å²) >= 11 is 1.71. The van der Waals surface area contributed by atoms with Crippen molar-refractivity contribution in [2.75, 3.05) is 20.2 Å². The number of thiophene rings is 1. The molecule has 0 radical (unpaired) electrons. The monoisotopic (exact) mass is 480 g/mol. The molecule has 2 amide bonds. The predicted octanol–water partition coefficient (Wildman–Crippen LogP) is 5.31. The average Bonchev–Trinajstić information content (AvgIpc) is 3.34. The fourth-order valence-corrected chi connectivity index (χ4v) is 5.31. The molecule has 0 N–H and O–H groups in total. The maximum atomic E-state index is 13.8. The van der Waals surface area contributed by atoms with Crippen LogP contribution in [0.15, 0.2) is 60.0 Å². The first kappa shape index (κ1) is 24.0. The maximum absolute atomic E-state index is 13.8. The number of amides is 2. The molecule has 0 saturated carbocycles. The van der Waals surface area contributed by atoms with Crippen LogP contribution < -0.4 is 4.74 Å². The van der Waals surface area contributed by atoms with Crippen LogP contribution in [0.2, 0.25) is 0 Å². The number of ether oxygens (including phenoxy) is 1. The Morgan fingerprint density at radius 1 is 1.21 bits per heavy atom. The summed E-state index contributed by atoms with van der Waals surface area (Å²) in [4.78, 5) is 31.7. The highest BCUT2D eigenvalue weighted by molar-refractivity contribution is 7.10. The van der Waals surface area contributed by atoms with E-state index in [0.717, 1.165) is 23.3 Å². The van der Waals surface area contributed by atoms with E-state index in [4.69, 9.17) is 4.74 Å². The topological polar surface area (TPSA) is 49.9 Å². The van der Waals surface area contributed by atoms with Crippen LogP contribution >= 0.6 is 11.3 Å². The summed E-state index contributed by atoms with van der Waals surface area (Å²) < 4.78 is 19.1. The smallest absolute Gasteiger partial charge is 0.254 e. The molecule has 2 aromatic carbocycles. The van der Waals surface area contributed by atoms with Crippen LogP contribution in [0.5, 0.6) is 5.75 Å². The Morgan fingerprint density at radius 2 is 1.97 bits per heavy atom. The normalized spacial score (nSPS) is 16.0. The van der Waals surface area contributed by atoms with Gasteiger partial charge in [-0.2, -0.15) is 0 Å². The van der Waals surface area contributed by atoms with Crippen molar-refractivity contribution in [3.63, 3.8) is 0 Å². The molecule has 5 nitrogen and oxygen atoms in total. The number of fused-ring (bicyclic) bond motifs is 1. The average molecular weight is 481 g/mol. The number of methoxy groups -OCH3 is 1. The Bertz CT molecular complexity index is 1160. The van der Waals surface area contributed by atoms with Crippen molar-refractivity contribution in [2.24, 2.45) is 0 Å². The van der Waals surface area contributed by atoms with Gasteiger partial charge >= 0.3 is 0 Å². The summed E-state index contributed by atoms with van der Waals surface area (Å²) in [6, 6.07) is 15.1. The fraction of sp³-hybridized carbons (Fsp3) is 0.333. The third-order valence-corrected chi connectivity index (χ3v) is 7.48. The van der Waals surface area contributed by atoms with Gasteiger partial charge in [-0.05, 0) is 72.7 Å². The van der Waals surface area contributed by atoms with E-state index >= 15 is 0 Å². The van der Waals surface area contributed by atoms with Gasteiger partial charge in [0.15, 0.2) is 0 Å². The van der Waals surface area contributed by atoms with Gasteiger partial charge in [0.05, 0.1) is 13.2 Å². The highest BCUT2D eigenvalue weighted by atomic mass is 32.1. The molecule has 0 saturated heterocycles. The van der Waals surface area contributed by atoms with Gasteiger partial charge in [-0.15, -0.1) is 11.3 Å². The van der Waals surface area contributed by atoms with Crippen molar-refractivity contribution >= 4 is 23.2 Å². The quantitative estimate of drug-likeness (QED) is 0.460. The molecule has 2 unspecified atom stereocenters. The summed E-state index contributed by atoms with van der Waals surface area (Å²) in [6.07, 6.45) is 1.47. The van der Waals surface area contributed by atoms with Gasteiger partial charge in [0, 0.05) is 23.0 Å². The minimum atomic E-state index is -0.470. The largest absolute Gasteiger partial charge is 0.497 e. The fourth-order valence-electron chi connectivity index (χ4n) is 4.40. The van der Waals surface area contributed by atoms with Gasteiger partial charge in [0.2, 0.25) is 5.91 Å². The van der Waals surface area contributed by atoms with Crippen molar-refractivity contribution in [1.82, 2.24) is 9.80 Å². The van der Waals surface area contributed by atoms with Crippen molar-refractivity contribution in [1.29, 1.82) is 0 Å². The van der Waals surface area contributed by atoms with Gasteiger partial charge in [-0.1, -0.05) is 25.1 Å². The van der Waals surface area contributed by atoms with Crippen LogP contribution in [-0.2, 0) is 11.2 Å². The summed E-state index contributed by atoms with van der Waals surface area (Å²) in [5.74, 6) is -0.173. The van der Waals surface area contributed by atoms with E-state index in [1.807, 2.05) is 43.0 Å². The lowest BCUT2D eigenvalue weighted by molar-refractivity contribution is -0.134. The van der Waals surface area contributed by atoms with Crippen LogP contribution in [0.25, 0.3) is 0 Å². The summed E-state index contributed by atoms with van der Waals surface area (Å²) in [7, 11) is 1.63. The predicted molar refractivity (Wildman–Crippen MR) is 132 cm³/mol. The minimum absolute atomic E-state index is 0.0590. The van der Waals surface area contributed by atoms with Crippen LogP contribution in [-0.4, -0.2) is 47.9 Å². The molecule has 1 aliphatic heterocycles. The number of nitrogens with zero attached hydrogens (tertiary/aromatic N) is 2. The first-order chi connectivity index (χ1) is 16.4. The number of benzene rings is 2. The molecule has 2 heterocycles. The van der Waals surface area contributed by atoms with E-state index in [0.29, 0.717) is 13.0 Å². The first-order valence-corrected chi connectivity index (χ1v) is 12.4. The van der Waals surface area contributed by atoms with Gasteiger partial charge in [0.1, 0.15) is 18.1 Å². The van der Waals surface area contributed by atoms with E-state index in [-0.39, 0.29) is 36.0 Å². The van der Waals surface area contributed by atoms with Gasteiger partial charge in [-0.3, -0.25) is 9.59 Å². The number of rotatable bonds is 7. The molecule has 1 aromatic heterocycles. The number of hydrogen-bond acceptors (Lipinski definition) is 4. The van der Waals surface area contributed by atoms with Crippen LogP contribution in [0.4, 0.5) is 4.39 Å². The standard InChI is InChI=1S/C27H29FN2O3S/c1-4-18(2)30(27(32)20-6-5-7-21(28)16-20)17-25(31)29-14-12-24-23(13-15-34-24)26(29)19-8-10-22(33-3)11-9-19/h5-11,13,15-16,18,26H,4,12,14,17H2,1-3H3. The molecule has 0 bridgehead atoms. The third-order valence-electron chi connectivity index (χ3n) is 6.48. The molecule has 0 fully saturated rings. The van der Waals surface area contributed by atoms with Crippen LogP contribution in [0.1, 0.15) is 52.7 Å². The lowest BCUT2D eigenvalue weighted by Crippen LogP contribution is -2.49. The van der Waals surface area contributed by atoms with E-state index in [1.54, 1.807) is 29.4 Å². The van der Waals surface area contributed by atoms with Gasteiger partial charge in [0.25, 0.3) is 5.91 Å². The second kappa shape index (κ2) is 10.4. The Balaban J connectivity index is 1.64. The Morgan fingerprint density at radius 3 is 2.65 bits per heavy atom. The molecule has 3 aromatic rings. The van der Waals surface area contributed by atoms with Crippen molar-refractivity contribution in [3.8, 4) is 5.75 Å². The van der Waals surface area contributed by atoms with Crippen molar-refractivity contribution in [3.05, 3.63) is 87.4 Å². The number of carbonyl (C=O) groups excluding carboxylic acids is 2. The number of halogens is 1. The SMILES string of the molecule is CCC(C)N(CC(=O)N1CCc2sccc2C1c1ccc(OC)cc1)C(=O)c1cccc(F)c1. The second-order valence-electron chi connectivity index (χ2n) is 8.51. The molecule has 1 aliphatic rings. The zero-order valence-electron chi connectivity index (χ0n) is 19.7. The summed E-state index contributed by atoms with van der Waals surface area (Å²) in [5.41, 5.74) is 2.37. The highest BCUT2D eigenvalue weighted by Crippen LogP contribution is 2.38. The zero-order chi connectivity index (χ0) is 24.2. The lowest BCUT2D eigenvalue weighted by atomic mass is 9.93. The van der Waals surface area contributed by atoms with E-state index < -0.39 is 5.82 Å². The number of hydrogen-bond donors (Lipinski definition) is 0. The molecule has 4 rings (SSSR count). The van der Waals surface area contributed by atoms with E-state index in [2.05, 4.69) is 11.4 Å². The van der Waals surface area contributed by atoms with Gasteiger partial charge < -0.3 is 14.5 Å². The lowest BCUT2D eigenvalue weighted by Gasteiger charge is -2.38. The summed E-state index contributed by atoms with van der Waals surface area (Å²) in [5, 5.41) is 2.06. The molecule has 7 heteroatoms. The Kier molecular flexibility index (Phi) is 7.32. The second-order valence-corrected chi connectivity index (χ2v) is 9.51. The highest BCUT2D eigenvalue weighted by Gasteiger charge is 2.35. The van der Waals surface area contributed by atoms with E-state index in [1.165, 1.54) is 23.1 Å². The molecule has 178 valence electrons. The number of carbonyl (C=O) groups is 2. The zero-order valence-corrected chi connectivity index (χ0v) is 20.5. The molecular weight excluding hydrogens is 451 g/mol. The van der Waals surface area contributed by atoms with Crippen molar-refractivity contribution < 1.29 is 18.7 Å². The van der Waals surface area contributed by atoms with Gasteiger partial charge in [-0.25, -0.2) is 4.39 Å². The minimum Gasteiger partial charge on any atom is -0.497 e. The third kappa shape index (κ3) is 4.85. The molecule has 34 heavy (non-hydrogen) atoms. The molecule has 0 aliphatic carbocycles. The maximum Gasteiger partial charge on any atom is 0.254 e. The van der Waals surface area contributed by atoms with E-state index in [9.17, 15) is 14.0 Å². The van der Waals surface area contributed by atoms with Crippen molar-refractivity contribution in [2.45, 2.75) is 38.8 Å². The van der Waals surface area contributed by atoms with Crippen LogP contribution in [0, 0.1) is 5.82 Å². The molecule has 2 atom stereocenters. The first-order valence-electron chi connectivity index (χ1n) is 11.5.